The van der Waals surface area contributed by atoms with Gasteiger partial charge < -0.3 is 9.47 Å². The van der Waals surface area contributed by atoms with Crippen LogP contribution < -0.4 is 4.90 Å². The fourth-order valence-corrected chi connectivity index (χ4v) is 1.44. The molecule has 0 saturated carbocycles. The lowest BCUT2D eigenvalue weighted by atomic mass is 10.3. The maximum Gasteiger partial charge on any atom is 0.416 e. The monoisotopic (exact) mass is 193 g/mol. The zero-order valence-electron chi connectivity index (χ0n) is 7.84. The summed E-state index contributed by atoms with van der Waals surface area (Å²) in [6.07, 6.45) is -0.673. The summed E-state index contributed by atoms with van der Waals surface area (Å²) in [5.41, 5.74) is 0.793. The largest absolute Gasteiger partial charge is 0.444 e. The highest BCUT2D eigenvalue weighted by molar-refractivity contribution is 5.89. The Morgan fingerprint density at radius 2 is 2.14 bits per heavy atom. The number of ether oxygens (including phenoxy) is 2. The molecule has 2 rings (SSSR count). The highest BCUT2D eigenvalue weighted by atomic mass is 16.6. The molecule has 0 aromatic heterocycles. The summed E-state index contributed by atoms with van der Waals surface area (Å²) in [7, 11) is 1.56. The van der Waals surface area contributed by atoms with E-state index < -0.39 is 0 Å². The van der Waals surface area contributed by atoms with Crippen LogP contribution in [0.4, 0.5) is 10.5 Å². The first-order valence-corrected chi connectivity index (χ1v) is 4.37. The van der Waals surface area contributed by atoms with E-state index in [1.807, 2.05) is 30.3 Å². The lowest BCUT2D eigenvalue weighted by molar-refractivity contribution is 0.0875. The van der Waals surface area contributed by atoms with Gasteiger partial charge in [0.05, 0.1) is 0 Å². The third kappa shape index (κ3) is 1.44. The number of cyclic esters (lactones) is 1. The molecule has 0 bridgehead atoms. The van der Waals surface area contributed by atoms with Crippen LogP contribution >= 0.6 is 0 Å². The first kappa shape index (κ1) is 9.02. The molecule has 0 N–H and O–H groups in total. The van der Waals surface area contributed by atoms with E-state index in [0.717, 1.165) is 5.69 Å². The molecule has 1 amide bonds. The number of rotatable bonds is 2. The topological polar surface area (TPSA) is 38.8 Å². The van der Waals surface area contributed by atoms with Crippen molar-refractivity contribution in [2.75, 3.05) is 18.6 Å². The van der Waals surface area contributed by atoms with E-state index in [1.165, 1.54) is 4.90 Å². The lowest BCUT2D eigenvalue weighted by Crippen LogP contribution is -2.34. The van der Waals surface area contributed by atoms with Gasteiger partial charge in [0.25, 0.3) is 0 Å². The van der Waals surface area contributed by atoms with Crippen LogP contribution in [0, 0.1) is 0 Å². The smallest absolute Gasteiger partial charge is 0.416 e. The molecule has 1 heterocycles. The molecule has 1 saturated heterocycles. The van der Waals surface area contributed by atoms with Crippen LogP contribution in [0.25, 0.3) is 0 Å². The number of benzene rings is 1. The van der Waals surface area contributed by atoms with Gasteiger partial charge in [-0.2, -0.15) is 0 Å². The predicted octanol–water partition coefficient (Wildman–Crippen LogP) is 1.62. The Hall–Kier alpha value is -1.55. The van der Waals surface area contributed by atoms with E-state index in [1.54, 1.807) is 7.11 Å². The van der Waals surface area contributed by atoms with Crippen LogP contribution in [0.15, 0.2) is 30.3 Å². The zero-order valence-corrected chi connectivity index (χ0v) is 7.84. The molecule has 4 nitrogen and oxygen atoms in total. The van der Waals surface area contributed by atoms with Crippen molar-refractivity contribution >= 4 is 11.8 Å². The van der Waals surface area contributed by atoms with Crippen LogP contribution in [0.3, 0.4) is 0 Å². The average molecular weight is 193 g/mol. The summed E-state index contributed by atoms with van der Waals surface area (Å²) in [5.74, 6) is 0. The summed E-state index contributed by atoms with van der Waals surface area (Å²) in [6, 6.07) is 9.32. The summed E-state index contributed by atoms with van der Waals surface area (Å²) in [4.78, 5) is 12.9. The number of nitrogens with zero attached hydrogens (tertiary/aromatic N) is 1. The molecular formula is C10H11NO3. The number of carbonyl (C=O) groups excluding carboxylic acids is 1. The van der Waals surface area contributed by atoms with E-state index in [4.69, 9.17) is 9.47 Å². The van der Waals surface area contributed by atoms with Crippen LogP contribution in [0.5, 0.6) is 0 Å². The maximum atomic E-state index is 11.4. The number of amides is 1. The molecule has 1 aliphatic rings. The molecule has 1 aromatic carbocycles. The molecule has 1 atom stereocenters. The van der Waals surface area contributed by atoms with Crippen LogP contribution in [0.1, 0.15) is 0 Å². The van der Waals surface area contributed by atoms with Crippen LogP contribution in [-0.2, 0) is 9.47 Å². The number of hydrogen-bond donors (Lipinski definition) is 0. The number of carbonyl (C=O) groups is 1. The lowest BCUT2D eigenvalue weighted by Gasteiger charge is -2.19. The first-order chi connectivity index (χ1) is 6.83. The summed E-state index contributed by atoms with van der Waals surface area (Å²) in [5, 5.41) is 0. The molecule has 14 heavy (non-hydrogen) atoms. The minimum atomic E-state index is -0.358. The van der Waals surface area contributed by atoms with Crippen molar-refractivity contribution in [3.63, 3.8) is 0 Å². The molecule has 1 aromatic rings. The second kappa shape index (κ2) is 3.67. The van der Waals surface area contributed by atoms with E-state index in [9.17, 15) is 4.79 Å². The van der Waals surface area contributed by atoms with Gasteiger partial charge in [-0.1, -0.05) is 18.2 Å². The normalized spacial score (nSPS) is 21.1. The maximum absolute atomic E-state index is 11.4. The van der Waals surface area contributed by atoms with Crippen molar-refractivity contribution in [1.82, 2.24) is 0 Å². The second-order valence-corrected chi connectivity index (χ2v) is 2.97. The average Bonchev–Trinajstić information content (AvgIpc) is 2.61. The van der Waals surface area contributed by atoms with Crippen LogP contribution in [-0.4, -0.2) is 26.0 Å². The van der Waals surface area contributed by atoms with Crippen LogP contribution in [0.2, 0.25) is 0 Å². The molecule has 1 fully saturated rings. The number of anilines is 1. The number of para-hydroxylation sites is 1. The Morgan fingerprint density at radius 3 is 2.79 bits per heavy atom. The fraction of sp³-hybridized carbons (Fsp3) is 0.300. The highest BCUT2D eigenvalue weighted by Crippen LogP contribution is 2.22. The van der Waals surface area contributed by atoms with E-state index in [0.29, 0.717) is 0 Å². The third-order valence-corrected chi connectivity index (χ3v) is 2.14. The minimum Gasteiger partial charge on any atom is -0.444 e. The highest BCUT2D eigenvalue weighted by Gasteiger charge is 2.33. The van der Waals surface area contributed by atoms with Gasteiger partial charge in [-0.05, 0) is 12.1 Å². The third-order valence-electron chi connectivity index (χ3n) is 2.14. The molecule has 0 spiro atoms. The number of methoxy groups -OCH3 is 1. The summed E-state index contributed by atoms with van der Waals surface area (Å²) in [6.45, 7) is 0.282. The van der Waals surface area contributed by atoms with Crippen molar-refractivity contribution in [2.24, 2.45) is 0 Å². The van der Waals surface area contributed by atoms with Crippen molar-refractivity contribution in [3.8, 4) is 0 Å². The van der Waals surface area contributed by atoms with E-state index in [-0.39, 0.29) is 18.9 Å². The molecule has 1 unspecified atom stereocenters. The molecular weight excluding hydrogens is 182 g/mol. The molecule has 0 aliphatic carbocycles. The first-order valence-electron chi connectivity index (χ1n) is 4.37. The van der Waals surface area contributed by atoms with Gasteiger partial charge >= 0.3 is 6.09 Å². The molecule has 0 radical (unpaired) electrons. The van der Waals surface area contributed by atoms with Gasteiger partial charge in [-0.15, -0.1) is 0 Å². The predicted molar refractivity (Wildman–Crippen MR) is 51.1 cm³/mol. The Morgan fingerprint density at radius 1 is 1.43 bits per heavy atom. The Labute approximate surface area is 82.0 Å². The van der Waals surface area contributed by atoms with Gasteiger partial charge in [0.2, 0.25) is 0 Å². The van der Waals surface area contributed by atoms with Crippen molar-refractivity contribution in [2.45, 2.75) is 6.23 Å². The van der Waals surface area contributed by atoms with Crippen molar-refractivity contribution in [1.29, 1.82) is 0 Å². The Balaban J connectivity index is 2.28. The minimum absolute atomic E-state index is 0.282. The standard InChI is InChI=1S/C10H11NO3/c1-13-9-7-14-10(12)11(9)8-5-3-2-4-6-8/h2-6,9H,7H2,1H3. The summed E-state index contributed by atoms with van der Waals surface area (Å²) < 4.78 is 10.0. The molecule has 4 heteroatoms. The van der Waals surface area contributed by atoms with Gasteiger partial charge in [0, 0.05) is 12.8 Å². The quantitative estimate of drug-likeness (QED) is 0.716. The van der Waals surface area contributed by atoms with Gasteiger partial charge in [-0.25, -0.2) is 9.69 Å². The van der Waals surface area contributed by atoms with E-state index in [2.05, 4.69) is 0 Å². The summed E-state index contributed by atoms with van der Waals surface area (Å²) >= 11 is 0. The van der Waals surface area contributed by atoms with Gasteiger partial charge in [0.1, 0.15) is 6.61 Å². The Bertz CT molecular complexity index is 325. The SMILES string of the molecule is COC1COC(=O)N1c1ccccc1. The van der Waals surface area contributed by atoms with Crippen molar-refractivity contribution in [3.05, 3.63) is 30.3 Å². The van der Waals surface area contributed by atoms with Gasteiger partial charge in [-0.3, -0.25) is 0 Å². The fourth-order valence-electron chi connectivity index (χ4n) is 1.44. The zero-order chi connectivity index (χ0) is 9.97. The van der Waals surface area contributed by atoms with Gasteiger partial charge in [0.15, 0.2) is 6.23 Å². The van der Waals surface area contributed by atoms with Crippen molar-refractivity contribution < 1.29 is 14.3 Å². The Kier molecular flexibility index (Phi) is 2.37. The second-order valence-electron chi connectivity index (χ2n) is 2.97. The molecule has 74 valence electrons. The van der Waals surface area contributed by atoms with E-state index >= 15 is 0 Å². The molecule has 1 aliphatic heterocycles. The number of hydrogen-bond acceptors (Lipinski definition) is 3.